The summed E-state index contributed by atoms with van der Waals surface area (Å²) in [6, 6.07) is 0. The molecule has 3 heterocycles. The van der Waals surface area contributed by atoms with Gasteiger partial charge in [-0.25, -0.2) is 4.98 Å². The van der Waals surface area contributed by atoms with Gasteiger partial charge < -0.3 is 20.8 Å². The minimum Gasteiger partial charge on any atom is -0.382 e. The highest BCUT2D eigenvalue weighted by molar-refractivity contribution is 5.91. The van der Waals surface area contributed by atoms with E-state index in [2.05, 4.69) is 30.2 Å². The van der Waals surface area contributed by atoms with Crippen LogP contribution in [0.2, 0.25) is 0 Å². The van der Waals surface area contributed by atoms with Crippen molar-refractivity contribution in [3.05, 3.63) is 6.33 Å². The maximum atomic E-state index is 12.1. The van der Waals surface area contributed by atoms with Gasteiger partial charge in [0, 0.05) is 32.6 Å². The number of nitrogen functional groups attached to an aromatic ring is 1. The van der Waals surface area contributed by atoms with Crippen LogP contribution in [0, 0.1) is 0 Å². The van der Waals surface area contributed by atoms with Crippen LogP contribution in [0.1, 0.15) is 70.6 Å². The lowest BCUT2D eigenvalue weighted by Crippen LogP contribution is -2.44. The first-order valence-corrected chi connectivity index (χ1v) is 12.0. The monoisotopic (exact) mass is 446 g/mol. The van der Waals surface area contributed by atoms with Crippen LogP contribution in [0.15, 0.2) is 6.33 Å². The smallest absolute Gasteiger partial charge is 0.233 e. The third-order valence-corrected chi connectivity index (χ3v) is 6.04. The number of nitrogens with one attached hydrogen (secondary N) is 2. The Labute approximate surface area is 189 Å². The average Bonchev–Trinajstić information content (AvgIpc) is 3.25. The Kier molecular flexibility index (Phi) is 10.1. The zero-order valence-electron chi connectivity index (χ0n) is 19.1. The van der Waals surface area contributed by atoms with E-state index in [1.165, 1.54) is 69.3 Å². The lowest BCUT2D eigenvalue weighted by Gasteiger charge is -2.30. The molecule has 10 heteroatoms. The molecule has 1 saturated heterocycles. The van der Waals surface area contributed by atoms with Crippen molar-refractivity contribution in [1.29, 1.82) is 0 Å². The van der Waals surface area contributed by atoms with Gasteiger partial charge in [0.25, 0.3) is 0 Å². The van der Waals surface area contributed by atoms with Gasteiger partial charge in [-0.3, -0.25) is 10.1 Å². The molecule has 0 aliphatic carbocycles. The summed E-state index contributed by atoms with van der Waals surface area (Å²) < 4.78 is 0. The van der Waals surface area contributed by atoms with Crippen LogP contribution in [-0.2, 0) is 4.79 Å². The first-order chi connectivity index (χ1) is 15.6. The number of hydroxylamine groups is 2. The van der Waals surface area contributed by atoms with Gasteiger partial charge in [-0.1, -0.05) is 51.4 Å². The van der Waals surface area contributed by atoms with E-state index in [1.807, 2.05) is 0 Å². The van der Waals surface area contributed by atoms with E-state index in [0.29, 0.717) is 17.6 Å². The van der Waals surface area contributed by atoms with E-state index in [0.717, 1.165) is 39.0 Å². The number of nitrogens with two attached hydrogens (primary N) is 1. The number of anilines is 2. The number of amides is 1. The van der Waals surface area contributed by atoms with E-state index in [4.69, 9.17) is 5.73 Å². The maximum absolute atomic E-state index is 12.1. The van der Waals surface area contributed by atoms with Gasteiger partial charge in [-0.05, 0) is 19.4 Å². The molecular weight excluding hydrogens is 408 g/mol. The van der Waals surface area contributed by atoms with Crippen molar-refractivity contribution >= 4 is 28.8 Å². The Balaban J connectivity index is 1.12. The molecule has 0 saturated carbocycles. The quantitative estimate of drug-likeness (QED) is 0.325. The number of nitrogens with zero attached hydrogens (tertiary/aromatic N) is 5. The third-order valence-electron chi connectivity index (χ3n) is 6.04. The molecule has 1 aliphatic heterocycles. The number of H-pyrrole nitrogens is 1. The maximum Gasteiger partial charge on any atom is 0.233 e. The summed E-state index contributed by atoms with van der Waals surface area (Å²) in [5, 5.41) is 13.5. The van der Waals surface area contributed by atoms with Crippen LogP contribution in [0.3, 0.4) is 0 Å². The van der Waals surface area contributed by atoms with Gasteiger partial charge in [0.05, 0.1) is 6.33 Å². The summed E-state index contributed by atoms with van der Waals surface area (Å²) in [5.74, 6) is 0.404. The third kappa shape index (κ3) is 8.33. The molecule has 0 spiro atoms. The summed E-state index contributed by atoms with van der Waals surface area (Å²) in [6.45, 7) is 4.69. The first kappa shape index (κ1) is 24.3. The standard InChI is InChI=1S/C22H38N8O2/c23-20-19-21(25-17-24-19)28-22(27-20)26-18(31)11-9-7-5-3-1-2-4-6-8-10-12-29-13-15-30(32)16-14-29/h17,32H,1-16H2,(H4,23,24,25,26,27,28,31). The largest absolute Gasteiger partial charge is 0.382 e. The number of aromatic nitrogens is 4. The molecule has 3 rings (SSSR count). The zero-order valence-corrected chi connectivity index (χ0v) is 19.1. The minimum atomic E-state index is -0.0856. The highest BCUT2D eigenvalue weighted by atomic mass is 16.5. The van der Waals surface area contributed by atoms with Crippen molar-refractivity contribution in [2.24, 2.45) is 0 Å². The highest BCUT2D eigenvalue weighted by Crippen LogP contribution is 2.16. The molecule has 32 heavy (non-hydrogen) atoms. The number of unbranched alkanes of at least 4 members (excludes halogenated alkanes) is 9. The second-order valence-electron chi connectivity index (χ2n) is 8.66. The zero-order chi connectivity index (χ0) is 22.6. The molecule has 1 aliphatic rings. The van der Waals surface area contributed by atoms with Crippen molar-refractivity contribution in [3.8, 4) is 0 Å². The Morgan fingerprint density at radius 1 is 0.969 bits per heavy atom. The fraction of sp³-hybridized carbons (Fsp3) is 0.727. The first-order valence-electron chi connectivity index (χ1n) is 12.0. The lowest BCUT2D eigenvalue weighted by molar-refractivity contribution is -0.117. The molecule has 2 aromatic rings. The molecule has 2 aromatic heterocycles. The van der Waals surface area contributed by atoms with Gasteiger partial charge in [0.1, 0.15) is 5.52 Å². The molecule has 1 fully saturated rings. The summed E-state index contributed by atoms with van der Waals surface area (Å²) >= 11 is 0. The van der Waals surface area contributed by atoms with Crippen molar-refractivity contribution in [3.63, 3.8) is 0 Å². The van der Waals surface area contributed by atoms with Gasteiger partial charge in [-0.2, -0.15) is 15.0 Å². The predicted molar refractivity (Wildman–Crippen MR) is 125 cm³/mol. The van der Waals surface area contributed by atoms with E-state index in [1.54, 1.807) is 0 Å². The second-order valence-corrected chi connectivity index (χ2v) is 8.66. The molecular formula is C22H38N8O2. The molecule has 1 amide bonds. The van der Waals surface area contributed by atoms with Crippen molar-refractivity contribution in [2.75, 3.05) is 43.8 Å². The van der Waals surface area contributed by atoms with Crippen molar-refractivity contribution < 1.29 is 10.0 Å². The Hall–Kier alpha value is -2.30. The molecule has 10 nitrogen and oxygen atoms in total. The molecule has 178 valence electrons. The SMILES string of the molecule is Nc1nc(NC(=O)CCCCCCCCCCCCN2CCN(O)CC2)nc2nc[nH]c12. The van der Waals surface area contributed by atoms with Crippen molar-refractivity contribution in [2.45, 2.75) is 70.6 Å². The van der Waals surface area contributed by atoms with Crippen LogP contribution < -0.4 is 11.1 Å². The number of imidazole rings is 1. The molecule has 0 radical (unpaired) electrons. The van der Waals surface area contributed by atoms with Crippen molar-refractivity contribution in [1.82, 2.24) is 29.9 Å². The average molecular weight is 447 g/mol. The van der Waals surface area contributed by atoms with Gasteiger partial charge >= 0.3 is 0 Å². The van der Waals surface area contributed by atoms with E-state index in [9.17, 15) is 10.0 Å². The summed E-state index contributed by atoms with van der Waals surface area (Å²) in [4.78, 5) is 29.8. The molecule has 5 N–H and O–H groups in total. The van der Waals surface area contributed by atoms with Crippen LogP contribution in [0.5, 0.6) is 0 Å². The minimum absolute atomic E-state index is 0.0856. The van der Waals surface area contributed by atoms with E-state index in [-0.39, 0.29) is 17.7 Å². The number of hydrogen-bond donors (Lipinski definition) is 4. The fourth-order valence-corrected chi connectivity index (χ4v) is 4.09. The molecule has 0 atom stereocenters. The Morgan fingerprint density at radius 2 is 1.59 bits per heavy atom. The second kappa shape index (κ2) is 13.3. The van der Waals surface area contributed by atoms with Gasteiger partial charge in [-0.15, -0.1) is 0 Å². The van der Waals surface area contributed by atoms with Crippen LogP contribution in [0.25, 0.3) is 11.2 Å². The number of aromatic amines is 1. The Morgan fingerprint density at radius 3 is 2.28 bits per heavy atom. The molecule has 0 unspecified atom stereocenters. The van der Waals surface area contributed by atoms with Gasteiger partial charge in [0.2, 0.25) is 11.9 Å². The highest BCUT2D eigenvalue weighted by Gasteiger charge is 2.14. The summed E-state index contributed by atoms with van der Waals surface area (Å²) in [7, 11) is 0. The number of rotatable bonds is 14. The number of piperazine rings is 1. The Bertz CT molecular complexity index is 819. The topological polar surface area (TPSA) is 136 Å². The van der Waals surface area contributed by atoms with Crippen LogP contribution in [-0.4, -0.2) is 73.7 Å². The molecule has 0 bridgehead atoms. The van der Waals surface area contributed by atoms with Gasteiger partial charge in [0.15, 0.2) is 11.5 Å². The van der Waals surface area contributed by atoms with Crippen LogP contribution in [0.4, 0.5) is 11.8 Å². The lowest BCUT2D eigenvalue weighted by atomic mass is 10.1. The summed E-state index contributed by atoms with van der Waals surface area (Å²) in [5.41, 5.74) is 6.88. The molecule has 0 aromatic carbocycles. The van der Waals surface area contributed by atoms with E-state index < -0.39 is 0 Å². The summed E-state index contributed by atoms with van der Waals surface area (Å²) in [6.07, 6.45) is 14.1. The fourth-order valence-electron chi connectivity index (χ4n) is 4.09. The normalized spacial score (nSPS) is 15.4. The van der Waals surface area contributed by atoms with Crippen LogP contribution >= 0.6 is 0 Å². The number of fused-ring (bicyclic) bond motifs is 1. The number of carbonyl (C=O) groups is 1. The van der Waals surface area contributed by atoms with E-state index >= 15 is 0 Å². The predicted octanol–water partition coefficient (Wildman–Crippen LogP) is 3.17. The number of hydrogen-bond acceptors (Lipinski definition) is 8. The number of carbonyl (C=O) groups excluding carboxylic acids is 1.